The summed E-state index contributed by atoms with van der Waals surface area (Å²) in [6, 6.07) is 10.1. The second-order valence-corrected chi connectivity index (χ2v) is 7.51. The summed E-state index contributed by atoms with van der Waals surface area (Å²) in [6.45, 7) is 6.56. The average molecular weight is 336 g/mol. The van der Waals surface area contributed by atoms with E-state index >= 15 is 0 Å². The summed E-state index contributed by atoms with van der Waals surface area (Å²) >= 11 is 0. The van der Waals surface area contributed by atoms with E-state index in [1.165, 1.54) is 0 Å². The van der Waals surface area contributed by atoms with Gasteiger partial charge in [-0.25, -0.2) is 0 Å². The zero-order valence-electron chi connectivity index (χ0n) is 14.9. The van der Waals surface area contributed by atoms with Crippen molar-refractivity contribution < 1.29 is 24.1 Å². The molecule has 1 heterocycles. The van der Waals surface area contributed by atoms with Gasteiger partial charge in [0.15, 0.2) is 12.1 Å². The molecule has 1 N–H and O–H groups in total. The van der Waals surface area contributed by atoms with Crippen LogP contribution in [0.5, 0.6) is 0 Å². The van der Waals surface area contributed by atoms with E-state index < -0.39 is 12.1 Å². The van der Waals surface area contributed by atoms with E-state index in [9.17, 15) is 5.11 Å². The molecular weight excluding hydrogens is 308 g/mol. The molecule has 0 aromatic heterocycles. The summed E-state index contributed by atoms with van der Waals surface area (Å²) in [5.74, 6) is -0.484. The van der Waals surface area contributed by atoms with E-state index in [1.807, 2.05) is 44.2 Å². The number of rotatable bonds is 7. The Balaban J connectivity index is 1.78. The highest BCUT2D eigenvalue weighted by Crippen LogP contribution is 2.58. The van der Waals surface area contributed by atoms with Gasteiger partial charge in [0.05, 0.1) is 12.7 Å². The van der Waals surface area contributed by atoms with Gasteiger partial charge in [0.2, 0.25) is 0 Å². The first-order chi connectivity index (χ1) is 11.4. The van der Waals surface area contributed by atoms with E-state index in [0.29, 0.717) is 6.61 Å². The highest BCUT2D eigenvalue weighted by molar-refractivity contribution is 5.14. The number of aliphatic hydroxyl groups is 1. The third-order valence-corrected chi connectivity index (χ3v) is 5.22. The molecule has 1 saturated carbocycles. The van der Waals surface area contributed by atoms with Crippen LogP contribution in [0.3, 0.4) is 0 Å². The van der Waals surface area contributed by atoms with Crippen LogP contribution in [-0.4, -0.2) is 43.1 Å². The van der Waals surface area contributed by atoms with E-state index in [2.05, 4.69) is 6.92 Å². The van der Waals surface area contributed by atoms with Crippen molar-refractivity contribution in [1.82, 2.24) is 0 Å². The quantitative estimate of drug-likeness (QED) is 0.830. The van der Waals surface area contributed by atoms with E-state index in [1.54, 1.807) is 7.11 Å². The van der Waals surface area contributed by atoms with Crippen molar-refractivity contribution in [3.05, 3.63) is 35.9 Å². The molecule has 1 aromatic carbocycles. The lowest BCUT2D eigenvalue weighted by Gasteiger charge is -2.32. The maximum atomic E-state index is 9.59. The predicted molar refractivity (Wildman–Crippen MR) is 89.2 cm³/mol. The van der Waals surface area contributed by atoms with Crippen molar-refractivity contribution in [2.24, 2.45) is 11.3 Å². The van der Waals surface area contributed by atoms with Crippen molar-refractivity contribution in [3.63, 3.8) is 0 Å². The number of methoxy groups -OCH3 is 1. The minimum atomic E-state index is -0.709. The van der Waals surface area contributed by atoms with Gasteiger partial charge in [0.1, 0.15) is 6.10 Å². The molecule has 5 atom stereocenters. The monoisotopic (exact) mass is 336 g/mol. The maximum Gasteiger partial charge on any atom is 0.189 e. The first-order valence-corrected chi connectivity index (χ1v) is 8.54. The van der Waals surface area contributed by atoms with Crippen LogP contribution < -0.4 is 0 Å². The fourth-order valence-electron chi connectivity index (χ4n) is 3.66. The summed E-state index contributed by atoms with van der Waals surface area (Å²) in [7, 11) is 1.62. The van der Waals surface area contributed by atoms with Crippen molar-refractivity contribution in [3.8, 4) is 0 Å². The highest BCUT2D eigenvalue weighted by Gasteiger charge is 2.61. The van der Waals surface area contributed by atoms with Crippen LogP contribution in [0.25, 0.3) is 0 Å². The molecule has 134 valence electrons. The Morgan fingerprint density at radius 1 is 1.21 bits per heavy atom. The average Bonchev–Trinajstić information content (AvgIpc) is 3.13. The maximum absolute atomic E-state index is 9.59. The van der Waals surface area contributed by atoms with E-state index in [0.717, 1.165) is 12.0 Å². The molecular formula is C19H28O5. The molecule has 3 rings (SSSR count). The van der Waals surface area contributed by atoms with Gasteiger partial charge in [-0.05, 0) is 31.7 Å². The molecule has 0 spiro atoms. The van der Waals surface area contributed by atoms with Crippen LogP contribution in [0, 0.1) is 11.3 Å². The molecule has 5 heteroatoms. The van der Waals surface area contributed by atoms with E-state index in [4.69, 9.17) is 18.9 Å². The number of benzene rings is 1. The van der Waals surface area contributed by atoms with Gasteiger partial charge in [-0.1, -0.05) is 37.3 Å². The molecule has 1 aromatic rings. The molecule has 5 nitrogen and oxygen atoms in total. The summed E-state index contributed by atoms with van der Waals surface area (Å²) < 4.78 is 23.8. The van der Waals surface area contributed by atoms with Crippen LogP contribution in [0.1, 0.15) is 32.8 Å². The predicted octanol–water partition coefficient (Wildman–Crippen LogP) is 2.71. The lowest BCUT2D eigenvalue weighted by Crippen LogP contribution is -2.44. The minimum absolute atomic E-state index is 0.130. The lowest BCUT2D eigenvalue weighted by atomic mass is 9.93. The lowest BCUT2D eigenvalue weighted by molar-refractivity contribution is -0.183. The van der Waals surface area contributed by atoms with Gasteiger partial charge >= 0.3 is 0 Å². The molecule has 2 aliphatic rings. The Hall–Kier alpha value is -0.980. The minimum Gasteiger partial charge on any atom is -0.396 e. The third-order valence-electron chi connectivity index (χ3n) is 5.22. The fourth-order valence-corrected chi connectivity index (χ4v) is 3.66. The summed E-state index contributed by atoms with van der Waals surface area (Å²) in [5.41, 5.74) is 0.980. The molecule has 1 saturated heterocycles. The van der Waals surface area contributed by atoms with Crippen LogP contribution in [0.4, 0.5) is 0 Å². The topological polar surface area (TPSA) is 57.2 Å². The van der Waals surface area contributed by atoms with Crippen molar-refractivity contribution in [1.29, 1.82) is 0 Å². The normalized spacial score (nSPS) is 35.8. The molecule has 0 amide bonds. The van der Waals surface area contributed by atoms with Crippen molar-refractivity contribution in [2.45, 2.75) is 58.1 Å². The van der Waals surface area contributed by atoms with Crippen LogP contribution >= 0.6 is 0 Å². The summed E-state index contributed by atoms with van der Waals surface area (Å²) in [4.78, 5) is 0. The van der Waals surface area contributed by atoms with Gasteiger partial charge in [-0.3, -0.25) is 0 Å². The summed E-state index contributed by atoms with van der Waals surface area (Å²) in [6.07, 6.45) is -0.0889. The molecule has 2 fully saturated rings. The molecule has 1 aliphatic heterocycles. The third kappa shape index (κ3) is 3.51. The largest absolute Gasteiger partial charge is 0.396 e. The van der Waals surface area contributed by atoms with Gasteiger partial charge in [0, 0.05) is 19.1 Å². The Kier molecular flexibility index (Phi) is 5.00. The van der Waals surface area contributed by atoms with Crippen molar-refractivity contribution >= 4 is 0 Å². The second-order valence-electron chi connectivity index (χ2n) is 7.51. The van der Waals surface area contributed by atoms with Crippen LogP contribution in [-0.2, 0) is 25.6 Å². The molecule has 3 unspecified atom stereocenters. The van der Waals surface area contributed by atoms with Gasteiger partial charge in [0.25, 0.3) is 0 Å². The standard InChI is InChI=1S/C19H28O5/c1-18(2)23-15(17(21-4)24-18)16(19(3)10-14(19)11-20)22-12-13-8-6-5-7-9-13/h5-9,14-17,20H,10-12H2,1-4H3/t14-,15?,16+,17?,19?/m1/s1. The molecule has 1 aliphatic carbocycles. The Morgan fingerprint density at radius 2 is 1.92 bits per heavy atom. The zero-order valence-corrected chi connectivity index (χ0v) is 14.9. The number of ether oxygens (including phenoxy) is 4. The Bertz CT molecular complexity index is 546. The van der Waals surface area contributed by atoms with Gasteiger partial charge in [-0.15, -0.1) is 0 Å². The first-order valence-electron chi connectivity index (χ1n) is 8.54. The number of hydrogen-bond donors (Lipinski definition) is 1. The second kappa shape index (κ2) is 6.73. The summed E-state index contributed by atoms with van der Waals surface area (Å²) in [5, 5.41) is 9.59. The Labute approximate surface area is 143 Å². The van der Waals surface area contributed by atoms with Crippen molar-refractivity contribution in [2.75, 3.05) is 13.7 Å². The number of aliphatic hydroxyl groups excluding tert-OH is 1. The van der Waals surface area contributed by atoms with Gasteiger partial charge < -0.3 is 24.1 Å². The highest BCUT2D eigenvalue weighted by atomic mass is 16.8. The van der Waals surface area contributed by atoms with E-state index in [-0.39, 0.29) is 30.1 Å². The fraction of sp³-hybridized carbons (Fsp3) is 0.684. The number of hydrogen-bond acceptors (Lipinski definition) is 5. The van der Waals surface area contributed by atoms with Crippen LogP contribution in [0.2, 0.25) is 0 Å². The molecule has 0 bridgehead atoms. The van der Waals surface area contributed by atoms with Gasteiger partial charge in [-0.2, -0.15) is 0 Å². The molecule has 0 radical (unpaired) electrons. The van der Waals surface area contributed by atoms with Crippen LogP contribution in [0.15, 0.2) is 30.3 Å². The first kappa shape index (κ1) is 17.8. The zero-order chi connectivity index (χ0) is 17.4. The Morgan fingerprint density at radius 3 is 2.50 bits per heavy atom. The molecule has 24 heavy (non-hydrogen) atoms. The SMILES string of the molecule is COC1OC(C)(C)OC1[C@H](OCc1ccccc1)C1(C)C[C@@H]1CO. The smallest absolute Gasteiger partial charge is 0.189 e.